The maximum atomic E-state index is 11.9. The van der Waals surface area contributed by atoms with Crippen molar-refractivity contribution >= 4 is 7.82 Å². The Kier molecular flexibility index (Phi) is 12.6. The smallest absolute Gasteiger partial charge is 0.325 e. The van der Waals surface area contributed by atoms with Crippen molar-refractivity contribution in [3.05, 3.63) is 87.2 Å². The van der Waals surface area contributed by atoms with Crippen LogP contribution in [0.4, 0.5) is 0 Å². The van der Waals surface area contributed by atoms with Gasteiger partial charge in [0.15, 0.2) is 0 Å². The van der Waals surface area contributed by atoms with E-state index in [1.54, 1.807) is 6.92 Å². The Balaban J connectivity index is 5.64. The van der Waals surface area contributed by atoms with E-state index in [-0.39, 0.29) is 0 Å². The molecule has 0 radical (unpaired) electrons. The third-order valence-electron chi connectivity index (χ3n) is 2.25. The molecule has 0 unspecified atom stereocenters. The lowest BCUT2D eigenvalue weighted by Crippen LogP contribution is -2.31. The van der Waals surface area contributed by atoms with Crippen LogP contribution in [0.15, 0.2) is 87.2 Å². The number of hydrogen-bond donors (Lipinski definition) is 1. The summed E-state index contributed by atoms with van der Waals surface area (Å²) in [6, 6.07) is -0.485. The first-order chi connectivity index (χ1) is 12.5. The van der Waals surface area contributed by atoms with Crippen LogP contribution in [0, 0.1) is 0 Å². The predicted molar refractivity (Wildman–Crippen MR) is 96.0 cm³/mol. The summed E-state index contributed by atoms with van der Waals surface area (Å²) in [5.41, 5.74) is 38.1. The second-order valence-electron chi connectivity index (χ2n) is 4.10. The van der Waals surface area contributed by atoms with Crippen molar-refractivity contribution in [3.8, 4) is 0 Å². The van der Waals surface area contributed by atoms with E-state index in [0.29, 0.717) is 0 Å². The minimum Gasteiger partial charge on any atom is -0.325 e. The minimum absolute atomic E-state index is 0.485. The van der Waals surface area contributed by atoms with Crippen LogP contribution in [-0.2, 0) is 18.1 Å². The third kappa shape index (κ3) is 11.5. The maximum Gasteiger partial charge on any atom is 0.474 e. The standard InChI is InChI=1S/C20H16NO4P/c1-5-6-7-8-9-10-11-12-13-14-15-16-17-18-20(19(2)21)25-26(22,23-3)24-4/h18-20H,1,21H2,2-4H3/t19-,20-/m0/s1. The van der Waals surface area contributed by atoms with E-state index in [2.05, 4.69) is 81.1 Å². The highest BCUT2D eigenvalue weighted by molar-refractivity contribution is 7.48. The van der Waals surface area contributed by atoms with Crippen molar-refractivity contribution in [1.82, 2.24) is 0 Å². The van der Waals surface area contributed by atoms with Crippen molar-refractivity contribution in [3.63, 3.8) is 0 Å². The second-order valence-corrected chi connectivity index (χ2v) is 5.94. The molecule has 0 saturated heterocycles. The fourth-order valence-corrected chi connectivity index (χ4v) is 1.95. The van der Waals surface area contributed by atoms with E-state index in [1.807, 2.05) is 0 Å². The van der Waals surface area contributed by atoms with Crippen molar-refractivity contribution in [2.75, 3.05) is 14.2 Å². The molecule has 26 heavy (non-hydrogen) atoms. The molecule has 0 aromatic carbocycles. The summed E-state index contributed by atoms with van der Waals surface area (Å²) in [5.74, 6) is 0. The molecule has 0 fully saturated rings. The molecule has 0 amide bonds. The molecule has 0 aromatic heterocycles. The highest BCUT2D eigenvalue weighted by Crippen LogP contribution is 2.49. The molecule has 0 spiro atoms. The van der Waals surface area contributed by atoms with E-state index in [1.165, 1.54) is 20.3 Å². The summed E-state index contributed by atoms with van der Waals surface area (Å²) in [7, 11) is -1.24. The summed E-state index contributed by atoms with van der Waals surface area (Å²) >= 11 is 0. The lowest BCUT2D eigenvalue weighted by Gasteiger charge is -2.21. The summed E-state index contributed by atoms with van der Waals surface area (Å²) in [6.07, 6.45) is 0.654. The van der Waals surface area contributed by atoms with Gasteiger partial charge in [0.2, 0.25) is 0 Å². The minimum atomic E-state index is -3.66. The normalized spacial score (nSPS) is 10.3. The highest BCUT2D eigenvalue weighted by Gasteiger charge is 2.28. The second kappa shape index (κ2) is 14.3. The van der Waals surface area contributed by atoms with Gasteiger partial charge < -0.3 is 5.73 Å². The molecule has 0 rings (SSSR count). The molecule has 0 aliphatic rings. The first-order valence-corrected chi connectivity index (χ1v) is 8.46. The van der Waals surface area contributed by atoms with Crippen LogP contribution in [0.25, 0.3) is 0 Å². The summed E-state index contributed by atoms with van der Waals surface area (Å²) in [4.78, 5) is 0. The van der Waals surface area contributed by atoms with Crippen LogP contribution in [0.5, 0.6) is 0 Å². The number of phosphoric acid groups is 1. The molecular formula is C20H16NO4P. The number of rotatable bonds is 6. The topological polar surface area (TPSA) is 70.8 Å². The van der Waals surface area contributed by atoms with E-state index in [0.717, 1.165) is 0 Å². The first kappa shape index (κ1) is 22.9. The van der Waals surface area contributed by atoms with Gasteiger partial charge in [-0.2, -0.15) is 0 Å². The molecule has 0 heterocycles. The van der Waals surface area contributed by atoms with E-state index in [4.69, 9.17) is 19.3 Å². The molecule has 0 bridgehead atoms. The lowest BCUT2D eigenvalue weighted by molar-refractivity contribution is 0.116. The molecule has 130 valence electrons. The fraction of sp³-hybridized carbons (Fsp3) is 0.250. The monoisotopic (exact) mass is 365 g/mol. The molecule has 5 nitrogen and oxygen atoms in total. The molecule has 0 aliphatic carbocycles. The van der Waals surface area contributed by atoms with Gasteiger partial charge >= 0.3 is 7.82 Å². The van der Waals surface area contributed by atoms with Gasteiger partial charge in [0.05, 0.1) is 0 Å². The fourth-order valence-electron chi connectivity index (χ4n) is 1.07. The number of phosphoric ester groups is 1. The van der Waals surface area contributed by atoms with Crippen LogP contribution < -0.4 is 5.73 Å². The average molecular weight is 365 g/mol. The summed E-state index contributed by atoms with van der Waals surface area (Å²) < 4.78 is 26.5. The zero-order chi connectivity index (χ0) is 19.7. The highest BCUT2D eigenvalue weighted by atomic mass is 31.2. The quantitative estimate of drug-likeness (QED) is 0.578. The molecule has 0 aromatic rings. The number of nitrogens with two attached hydrogens (primary N) is 1. The SMILES string of the molecule is C=C=C=C=C=C=C=C=C=C=C=C=C=C=C[C@H](OP(=O)(OC)OC)[C@H](C)N. The average Bonchev–Trinajstić information content (AvgIpc) is 2.64. The van der Waals surface area contributed by atoms with Crippen molar-refractivity contribution in [1.29, 1.82) is 0 Å². The number of hydrogen-bond acceptors (Lipinski definition) is 5. The van der Waals surface area contributed by atoms with Gasteiger partial charge in [0.25, 0.3) is 0 Å². The zero-order valence-corrected chi connectivity index (χ0v) is 15.5. The van der Waals surface area contributed by atoms with Crippen molar-refractivity contribution in [2.45, 2.75) is 19.1 Å². The van der Waals surface area contributed by atoms with Gasteiger partial charge in [-0.05, 0) is 82.6 Å². The molecule has 2 N–H and O–H groups in total. The Labute approximate surface area is 152 Å². The third-order valence-corrected chi connectivity index (χ3v) is 3.65. The maximum absolute atomic E-state index is 11.9. The molecular weight excluding hydrogens is 349 g/mol. The van der Waals surface area contributed by atoms with Gasteiger partial charge in [0, 0.05) is 20.3 Å². The largest absolute Gasteiger partial charge is 0.474 e. The van der Waals surface area contributed by atoms with E-state index in [9.17, 15) is 4.57 Å². The van der Waals surface area contributed by atoms with Crippen molar-refractivity contribution in [2.24, 2.45) is 5.73 Å². The zero-order valence-electron chi connectivity index (χ0n) is 14.6. The molecule has 6 heteroatoms. The van der Waals surface area contributed by atoms with Gasteiger partial charge in [-0.1, -0.05) is 11.5 Å². The van der Waals surface area contributed by atoms with E-state index >= 15 is 0 Å². The predicted octanol–water partition coefficient (Wildman–Crippen LogP) is 3.32. The van der Waals surface area contributed by atoms with Crippen LogP contribution >= 0.6 is 7.82 Å². The first-order valence-electron chi connectivity index (χ1n) is 7.00. The summed E-state index contributed by atoms with van der Waals surface area (Å²) in [5, 5.41) is 0. The lowest BCUT2D eigenvalue weighted by atomic mass is 10.2. The summed E-state index contributed by atoms with van der Waals surface area (Å²) in [6.45, 7) is 4.97. The molecule has 0 aliphatic heterocycles. The van der Waals surface area contributed by atoms with Gasteiger partial charge in [-0.15, -0.1) is 0 Å². The Hall–Kier alpha value is -3.05. The Bertz CT molecular complexity index is 1030. The Morgan fingerprint density at radius 3 is 1.69 bits per heavy atom. The molecule has 0 saturated carbocycles. The van der Waals surface area contributed by atoms with Gasteiger partial charge in [-0.3, -0.25) is 13.6 Å². The van der Waals surface area contributed by atoms with Crippen molar-refractivity contribution < 1.29 is 18.1 Å². The molecule has 2 atom stereocenters. The van der Waals surface area contributed by atoms with Crippen LogP contribution in [0.2, 0.25) is 0 Å². The van der Waals surface area contributed by atoms with Crippen LogP contribution in [-0.4, -0.2) is 26.4 Å². The Morgan fingerprint density at radius 1 is 0.885 bits per heavy atom. The van der Waals surface area contributed by atoms with Gasteiger partial charge in [0.1, 0.15) is 6.10 Å². The Morgan fingerprint density at radius 2 is 1.31 bits per heavy atom. The van der Waals surface area contributed by atoms with Crippen LogP contribution in [0.1, 0.15) is 6.92 Å². The van der Waals surface area contributed by atoms with Crippen LogP contribution in [0.3, 0.4) is 0 Å². The van der Waals surface area contributed by atoms with E-state index < -0.39 is 20.0 Å². The van der Waals surface area contributed by atoms with Gasteiger partial charge in [-0.25, -0.2) is 4.57 Å².